The van der Waals surface area contributed by atoms with E-state index >= 15 is 0 Å². The van der Waals surface area contributed by atoms with Crippen LogP contribution in [0.4, 0.5) is 0 Å². The van der Waals surface area contributed by atoms with Gasteiger partial charge in [-0.3, -0.25) is 0 Å². The minimum atomic E-state index is 0.403. The van der Waals surface area contributed by atoms with E-state index in [-0.39, 0.29) is 0 Å². The van der Waals surface area contributed by atoms with Crippen molar-refractivity contribution in [3.8, 4) is 0 Å². The summed E-state index contributed by atoms with van der Waals surface area (Å²) in [5.74, 6) is 0. The van der Waals surface area contributed by atoms with Crippen LogP contribution in [-0.2, 0) is 6.54 Å². The molecule has 10 heavy (non-hydrogen) atoms. The number of tetrazole rings is 1. The maximum atomic E-state index is 3.92. The molecule has 1 aromatic heterocycles. The van der Waals surface area contributed by atoms with Crippen molar-refractivity contribution >= 4 is 0 Å². The molecule has 0 amide bonds. The van der Waals surface area contributed by atoms with Crippen molar-refractivity contribution < 1.29 is 4.68 Å². The van der Waals surface area contributed by atoms with E-state index in [9.17, 15) is 0 Å². The van der Waals surface area contributed by atoms with E-state index in [2.05, 4.69) is 24.3 Å². The Hall–Kier alpha value is -0.930. The molecule has 56 valence electrons. The molecule has 0 N–H and O–H groups in total. The fourth-order valence-corrected chi connectivity index (χ4v) is 0.662. The zero-order valence-electron chi connectivity index (χ0n) is 6.65. The lowest BCUT2D eigenvalue weighted by Gasteiger charge is -1.90. The largest absolute Gasteiger partial charge is 0.244 e. The van der Waals surface area contributed by atoms with Crippen LogP contribution in [0.25, 0.3) is 0 Å². The van der Waals surface area contributed by atoms with Gasteiger partial charge in [-0.25, -0.2) is 0 Å². The summed E-state index contributed by atoms with van der Waals surface area (Å²) in [5, 5.41) is 7.80. The van der Waals surface area contributed by atoms with Gasteiger partial charge in [0.1, 0.15) is 11.3 Å². The number of aryl methyl sites for hydroxylation is 1. The molecule has 0 saturated heterocycles. The second-order valence-electron chi connectivity index (χ2n) is 2.52. The van der Waals surface area contributed by atoms with Crippen molar-refractivity contribution in [2.24, 2.45) is 0 Å². The van der Waals surface area contributed by atoms with Gasteiger partial charge >= 0.3 is 0 Å². The Morgan fingerprint density at radius 1 is 1.60 bits per heavy atom. The van der Waals surface area contributed by atoms with Crippen LogP contribution in [0.2, 0.25) is 0 Å². The molecule has 0 aromatic carbocycles. The lowest BCUT2D eigenvalue weighted by Crippen LogP contribution is -2.33. The minimum absolute atomic E-state index is 0.403. The van der Waals surface area contributed by atoms with Gasteiger partial charge in [0.15, 0.2) is 5.21 Å². The molecular weight excluding hydrogens is 128 g/mol. The lowest BCUT2D eigenvalue weighted by molar-refractivity contribution is -0.751. The number of aromatic nitrogens is 4. The maximum absolute atomic E-state index is 3.92. The highest BCUT2D eigenvalue weighted by molar-refractivity contribution is 4.47. The Kier molecular flexibility index (Phi) is 1.99. The van der Waals surface area contributed by atoms with E-state index in [1.54, 1.807) is 4.68 Å². The number of hydrogen-bond donors (Lipinski definition) is 0. The molecule has 4 nitrogen and oxygen atoms in total. The molecule has 1 rings (SSSR count). The van der Waals surface area contributed by atoms with E-state index in [4.69, 9.17) is 0 Å². The third-order valence-electron chi connectivity index (χ3n) is 1.36. The van der Waals surface area contributed by atoms with Crippen LogP contribution in [0.1, 0.15) is 26.8 Å². The molecule has 0 aliphatic heterocycles. The Morgan fingerprint density at radius 3 is 2.60 bits per heavy atom. The van der Waals surface area contributed by atoms with Crippen LogP contribution in [0.15, 0.2) is 6.33 Å². The van der Waals surface area contributed by atoms with Crippen LogP contribution in [0, 0.1) is 0 Å². The van der Waals surface area contributed by atoms with Crippen molar-refractivity contribution in [3.63, 3.8) is 0 Å². The zero-order chi connectivity index (χ0) is 7.56. The Labute approximate surface area is 60.4 Å². The first-order chi connectivity index (χ1) is 4.74. The molecular formula is C6H13N4+. The standard InChI is InChI=1S/C6H13N4/c1-4-9-5-10(6(2)3)8-7-9/h5-6H,4H2,1-3H3/q+1. The van der Waals surface area contributed by atoms with Crippen molar-refractivity contribution in [2.75, 3.05) is 0 Å². The third-order valence-corrected chi connectivity index (χ3v) is 1.36. The molecule has 0 spiro atoms. The van der Waals surface area contributed by atoms with Gasteiger partial charge < -0.3 is 0 Å². The topological polar surface area (TPSA) is 34.6 Å². The highest BCUT2D eigenvalue weighted by atomic mass is 15.6. The average Bonchev–Trinajstić information content (AvgIpc) is 2.34. The fraction of sp³-hybridized carbons (Fsp3) is 0.833. The number of rotatable bonds is 2. The van der Waals surface area contributed by atoms with Gasteiger partial charge in [0.05, 0.1) is 6.54 Å². The summed E-state index contributed by atoms with van der Waals surface area (Å²) < 4.78 is 3.64. The summed E-state index contributed by atoms with van der Waals surface area (Å²) in [6.07, 6.45) is 1.91. The molecule has 0 atom stereocenters. The van der Waals surface area contributed by atoms with Gasteiger partial charge in [-0.15, -0.1) is 4.68 Å². The Bertz CT molecular complexity index is 203. The van der Waals surface area contributed by atoms with Gasteiger partial charge in [0.25, 0.3) is 0 Å². The fourth-order valence-electron chi connectivity index (χ4n) is 0.662. The molecule has 0 bridgehead atoms. The highest BCUT2D eigenvalue weighted by Gasteiger charge is 2.08. The summed E-state index contributed by atoms with van der Waals surface area (Å²) >= 11 is 0. The predicted octanol–water partition coefficient (Wildman–Crippen LogP) is 0.166. The molecule has 0 fully saturated rings. The second-order valence-corrected chi connectivity index (χ2v) is 2.52. The SMILES string of the molecule is CC[n+]1cn(C(C)C)nn1. The first-order valence-electron chi connectivity index (χ1n) is 3.55. The van der Waals surface area contributed by atoms with Gasteiger partial charge in [0, 0.05) is 0 Å². The van der Waals surface area contributed by atoms with Gasteiger partial charge in [-0.2, -0.15) is 0 Å². The highest BCUT2D eigenvalue weighted by Crippen LogP contribution is 1.95. The van der Waals surface area contributed by atoms with E-state index in [1.165, 1.54) is 0 Å². The van der Waals surface area contributed by atoms with Crippen molar-refractivity contribution in [1.29, 1.82) is 0 Å². The van der Waals surface area contributed by atoms with Crippen LogP contribution in [-0.4, -0.2) is 15.1 Å². The quantitative estimate of drug-likeness (QED) is 0.550. The van der Waals surface area contributed by atoms with E-state index in [1.807, 2.05) is 17.9 Å². The van der Waals surface area contributed by atoms with Crippen LogP contribution in [0.5, 0.6) is 0 Å². The summed E-state index contributed by atoms with van der Waals surface area (Å²) in [7, 11) is 0. The molecule has 0 aliphatic carbocycles. The Morgan fingerprint density at radius 2 is 2.30 bits per heavy atom. The summed E-state index contributed by atoms with van der Waals surface area (Å²) in [6, 6.07) is 0.403. The van der Waals surface area contributed by atoms with Gasteiger partial charge in [-0.05, 0) is 20.8 Å². The van der Waals surface area contributed by atoms with Crippen molar-refractivity contribution in [2.45, 2.75) is 33.4 Å². The normalized spacial score (nSPS) is 10.8. The van der Waals surface area contributed by atoms with E-state index in [0.717, 1.165) is 6.54 Å². The minimum Gasteiger partial charge on any atom is -0.140 e. The first kappa shape index (κ1) is 7.18. The molecule has 0 radical (unpaired) electrons. The molecule has 1 aromatic rings. The monoisotopic (exact) mass is 141 g/mol. The summed E-state index contributed by atoms with van der Waals surface area (Å²) in [4.78, 5) is 0. The number of nitrogens with zero attached hydrogens (tertiary/aromatic N) is 4. The van der Waals surface area contributed by atoms with Gasteiger partial charge in [-0.1, -0.05) is 4.68 Å². The third kappa shape index (κ3) is 1.32. The van der Waals surface area contributed by atoms with E-state index in [0.29, 0.717) is 6.04 Å². The van der Waals surface area contributed by atoms with Crippen molar-refractivity contribution in [3.05, 3.63) is 6.33 Å². The smallest absolute Gasteiger partial charge is 0.140 e. The Balaban J connectivity index is 2.78. The first-order valence-corrected chi connectivity index (χ1v) is 3.55. The van der Waals surface area contributed by atoms with Crippen molar-refractivity contribution in [1.82, 2.24) is 15.1 Å². The second kappa shape index (κ2) is 2.77. The van der Waals surface area contributed by atoms with Crippen LogP contribution < -0.4 is 4.68 Å². The zero-order valence-corrected chi connectivity index (χ0v) is 6.65. The molecule has 0 unspecified atom stereocenters. The predicted molar refractivity (Wildman–Crippen MR) is 36.3 cm³/mol. The molecule has 1 heterocycles. The summed E-state index contributed by atoms with van der Waals surface area (Å²) in [6.45, 7) is 7.08. The van der Waals surface area contributed by atoms with Crippen LogP contribution >= 0.6 is 0 Å². The average molecular weight is 141 g/mol. The maximum Gasteiger partial charge on any atom is 0.244 e. The van der Waals surface area contributed by atoms with Gasteiger partial charge in [0.2, 0.25) is 6.33 Å². The summed E-state index contributed by atoms with van der Waals surface area (Å²) in [5.41, 5.74) is 0. The molecule has 0 saturated carbocycles. The molecule has 4 heteroatoms. The molecule has 0 aliphatic rings. The lowest BCUT2D eigenvalue weighted by atomic mass is 10.4. The van der Waals surface area contributed by atoms with E-state index < -0.39 is 0 Å². The number of hydrogen-bond acceptors (Lipinski definition) is 2. The van der Waals surface area contributed by atoms with Crippen LogP contribution in [0.3, 0.4) is 0 Å².